The fourth-order valence-electron chi connectivity index (χ4n) is 4.13. The summed E-state index contributed by atoms with van der Waals surface area (Å²) in [6.07, 6.45) is 6.01. The van der Waals surface area contributed by atoms with Crippen molar-refractivity contribution in [3.63, 3.8) is 0 Å². The Kier molecular flexibility index (Phi) is 1.37. The molecule has 0 unspecified atom stereocenters. The zero-order valence-electron chi connectivity index (χ0n) is 7.60. The van der Waals surface area contributed by atoms with E-state index in [1.807, 2.05) is 0 Å². The first kappa shape index (κ1) is 8.13. The van der Waals surface area contributed by atoms with Gasteiger partial charge in [-0.05, 0) is 24.2 Å². The van der Waals surface area contributed by atoms with Gasteiger partial charge in [-0.2, -0.15) is 0 Å². The van der Waals surface area contributed by atoms with Crippen LogP contribution in [-0.2, 0) is 9.53 Å². The molecule has 0 amide bonds. The van der Waals surface area contributed by atoms with Gasteiger partial charge in [-0.15, -0.1) is 0 Å². The van der Waals surface area contributed by atoms with Gasteiger partial charge in [-0.3, -0.25) is 4.79 Å². The molecule has 0 aromatic rings. The molecule has 3 fully saturated rings. The second-order valence-electron chi connectivity index (χ2n) is 4.97. The summed E-state index contributed by atoms with van der Waals surface area (Å²) >= 11 is 2.48. The molecule has 3 aliphatic carbocycles. The van der Waals surface area contributed by atoms with Gasteiger partial charge in [-0.1, -0.05) is 34.7 Å². The standard InChI is InChI=1S/C11H11IO2/c12-9-5-2-1-4-3-6-8(7(4)5)10(9)14-11(6)13/h1-2,4-10H,3H2/t4-,5+,6+,7+,8+,9+,10+/m1/s1. The van der Waals surface area contributed by atoms with Gasteiger partial charge in [0.1, 0.15) is 6.10 Å². The first-order chi connectivity index (χ1) is 6.77. The van der Waals surface area contributed by atoms with E-state index in [4.69, 9.17) is 4.74 Å². The predicted octanol–water partition coefficient (Wildman–Crippen LogP) is 1.78. The molecule has 74 valence electrons. The molecule has 7 atom stereocenters. The maximum atomic E-state index is 11.6. The number of halogens is 1. The third-order valence-corrected chi connectivity index (χ3v) is 6.11. The number of esters is 1. The molecule has 0 aromatic heterocycles. The molecule has 0 radical (unpaired) electrons. The van der Waals surface area contributed by atoms with Gasteiger partial charge in [0.2, 0.25) is 0 Å². The lowest BCUT2D eigenvalue weighted by atomic mass is 9.89. The third-order valence-electron chi connectivity index (χ3n) is 4.57. The largest absolute Gasteiger partial charge is 0.461 e. The number of carbonyl (C=O) groups excluding carboxylic acids is 1. The molecule has 0 spiro atoms. The van der Waals surface area contributed by atoms with Gasteiger partial charge in [0.15, 0.2) is 0 Å². The normalized spacial score (nSPS) is 62.1. The summed E-state index contributed by atoms with van der Waals surface area (Å²) in [6.45, 7) is 0. The molecule has 0 N–H and O–H groups in total. The summed E-state index contributed by atoms with van der Waals surface area (Å²) in [5.41, 5.74) is 0. The van der Waals surface area contributed by atoms with Crippen LogP contribution in [0.25, 0.3) is 0 Å². The van der Waals surface area contributed by atoms with Crippen molar-refractivity contribution < 1.29 is 9.53 Å². The van der Waals surface area contributed by atoms with E-state index in [-0.39, 0.29) is 18.0 Å². The van der Waals surface area contributed by atoms with Crippen molar-refractivity contribution in [3.05, 3.63) is 12.2 Å². The molecule has 14 heavy (non-hydrogen) atoms. The highest BCUT2D eigenvalue weighted by Gasteiger charge is 2.66. The fourth-order valence-corrected chi connectivity index (χ4v) is 5.47. The van der Waals surface area contributed by atoms with Crippen LogP contribution >= 0.6 is 22.6 Å². The zero-order valence-corrected chi connectivity index (χ0v) is 9.76. The Labute approximate surface area is 96.2 Å². The van der Waals surface area contributed by atoms with E-state index in [2.05, 4.69) is 34.7 Å². The van der Waals surface area contributed by atoms with Crippen LogP contribution in [0.3, 0.4) is 0 Å². The van der Waals surface area contributed by atoms with E-state index >= 15 is 0 Å². The minimum Gasteiger partial charge on any atom is -0.461 e. The molecule has 2 nitrogen and oxygen atoms in total. The van der Waals surface area contributed by atoms with Crippen molar-refractivity contribution in [1.29, 1.82) is 0 Å². The predicted molar refractivity (Wildman–Crippen MR) is 58.9 cm³/mol. The van der Waals surface area contributed by atoms with Gasteiger partial charge in [0, 0.05) is 5.92 Å². The van der Waals surface area contributed by atoms with Crippen LogP contribution in [0.1, 0.15) is 6.42 Å². The van der Waals surface area contributed by atoms with Gasteiger partial charge in [0.25, 0.3) is 0 Å². The zero-order chi connectivity index (χ0) is 9.45. The number of ether oxygens (including phenoxy) is 1. The Bertz CT molecular complexity index is 351. The Morgan fingerprint density at radius 3 is 3.07 bits per heavy atom. The minimum absolute atomic E-state index is 0.0860. The maximum Gasteiger partial charge on any atom is 0.309 e. The quantitative estimate of drug-likeness (QED) is 0.295. The average Bonchev–Trinajstić information content (AvgIpc) is 2.78. The van der Waals surface area contributed by atoms with Crippen molar-refractivity contribution in [3.8, 4) is 0 Å². The highest BCUT2D eigenvalue weighted by molar-refractivity contribution is 14.1. The van der Waals surface area contributed by atoms with Crippen LogP contribution in [0.15, 0.2) is 12.2 Å². The average molecular weight is 302 g/mol. The monoisotopic (exact) mass is 302 g/mol. The van der Waals surface area contributed by atoms with Crippen LogP contribution in [0.4, 0.5) is 0 Å². The van der Waals surface area contributed by atoms with Gasteiger partial charge in [-0.25, -0.2) is 0 Å². The van der Waals surface area contributed by atoms with Crippen molar-refractivity contribution in [2.45, 2.75) is 16.4 Å². The highest BCUT2D eigenvalue weighted by atomic mass is 127. The summed E-state index contributed by atoms with van der Waals surface area (Å²) in [6, 6.07) is 0. The molecule has 0 bridgehead atoms. The molecule has 0 aromatic carbocycles. The molecular weight excluding hydrogens is 291 g/mol. The minimum atomic E-state index is 0.0860. The summed E-state index contributed by atoms with van der Waals surface area (Å²) in [5.74, 6) is 2.98. The number of alkyl halides is 1. The van der Waals surface area contributed by atoms with Crippen LogP contribution in [0.5, 0.6) is 0 Å². The molecular formula is C11H11IO2. The van der Waals surface area contributed by atoms with Gasteiger partial charge in [0.05, 0.1) is 9.84 Å². The fraction of sp³-hybridized carbons (Fsp3) is 0.727. The van der Waals surface area contributed by atoms with Crippen molar-refractivity contribution in [1.82, 2.24) is 0 Å². The Morgan fingerprint density at radius 2 is 2.21 bits per heavy atom. The third kappa shape index (κ3) is 0.708. The summed E-state index contributed by atoms with van der Waals surface area (Å²) in [7, 11) is 0. The van der Waals surface area contributed by atoms with E-state index in [1.54, 1.807) is 0 Å². The molecule has 4 aliphatic rings. The number of carbonyl (C=O) groups is 1. The number of hydrogen-bond acceptors (Lipinski definition) is 2. The van der Waals surface area contributed by atoms with Crippen LogP contribution < -0.4 is 0 Å². The topological polar surface area (TPSA) is 26.3 Å². The van der Waals surface area contributed by atoms with Gasteiger partial charge < -0.3 is 4.74 Å². The molecule has 1 heterocycles. The van der Waals surface area contributed by atoms with Crippen LogP contribution in [-0.4, -0.2) is 16.0 Å². The maximum absolute atomic E-state index is 11.6. The van der Waals surface area contributed by atoms with E-state index in [0.717, 1.165) is 12.3 Å². The second-order valence-corrected chi connectivity index (χ2v) is 6.41. The van der Waals surface area contributed by atoms with Crippen LogP contribution in [0, 0.1) is 29.6 Å². The second kappa shape index (κ2) is 2.36. The van der Waals surface area contributed by atoms with E-state index in [0.29, 0.717) is 21.7 Å². The SMILES string of the molecule is O=C1O[C@@H]2[C@@H](I)[C@H]3C=C[C@@H]4C[C@H]1[C@H]2[C@H]34. The smallest absolute Gasteiger partial charge is 0.309 e. The Hall–Kier alpha value is -0.0600. The Balaban J connectivity index is 1.86. The lowest BCUT2D eigenvalue weighted by Gasteiger charge is -2.14. The lowest BCUT2D eigenvalue weighted by molar-refractivity contribution is -0.144. The number of rotatable bonds is 0. The number of allylic oxidation sites excluding steroid dienone is 2. The first-order valence-corrected chi connectivity index (χ1v) is 6.55. The molecule has 1 aliphatic heterocycles. The van der Waals surface area contributed by atoms with Crippen molar-refractivity contribution in [2.75, 3.05) is 0 Å². The summed E-state index contributed by atoms with van der Waals surface area (Å²) in [4.78, 5) is 11.6. The Morgan fingerprint density at radius 1 is 1.36 bits per heavy atom. The molecule has 2 saturated carbocycles. The first-order valence-electron chi connectivity index (χ1n) is 5.30. The lowest BCUT2D eigenvalue weighted by Crippen LogP contribution is -2.21. The molecule has 3 heteroatoms. The van der Waals surface area contributed by atoms with Crippen molar-refractivity contribution >= 4 is 28.6 Å². The number of hydrogen-bond donors (Lipinski definition) is 0. The van der Waals surface area contributed by atoms with Crippen LogP contribution in [0.2, 0.25) is 0 Å². The molecule has 1 saturated heterocycles. The van der Waals surface area contributed by atoms with Gasteiger partial charge >= 0.3 is 5.97 Å². The van der Waals surface area contributed by atoms with Crippen molar-refractivity contribution in [2.24, 2.45) is 29.6 Å². The van der Waals surface area contributed by atoms with E-state index < -0.39 is 0 Å². The molecule has 4 rings (SSSR count). The van der Waals surface area contributed by atoms with E-state index in [1.165, 1.54) is 0 Å². The van der Waals surface area contributed by atoms with E-state index in [9.17, 15) is 4.79 Å². The summed E-state index contributed by atoms with van der Waals surface area (Å²) in [5, 5.41) is 0. The summed E-state index contributed by atoms with van der Waals surface area (Å²) < 4.78 is 6.03. The highest BCUT2D eigenvalue weighted by Crippen LogP contribution is 2.63.